The smallest absolute Gasteiger partial charge is 0.387 e. The highest BCUT2D eigenvalue weighted by Gasteiger charge is 2.45. The van der Waals surface area contributed by atoms with E-state index >= 15 is 0 Å². The Kier molecular flexibility index (Phi) is 4.61. The van der Waals surface area contributed by atoms with E-state index in [0.29, 0.717) is 0 Å². The van der Waals surface area contributed by atoms with Gasteiger partial charge < -0.3 is 24.7 Å². The largest absolute Gasteiger partial charge is 0.469 e. The lowest BCUT2D eigenvalue weighted by molar-refractivity contribution is -0.0504. The second-order valence-corrected chi connectivity index (χ2v) is 6.42. The summed E-state index contributed by atoms with van der Waals surface area (Å²) in [7, 11) is -4.79. The number of aliphatic hydroxyl groups is 2. The first-order valence-corrected chi connectivity index (χ1v) is 8.33. The Labute approximate surface area is 137 Å². The summed E-state index contributed by atoms with van der Waals surface area (Å²) in [6.45, 7) is -0.677. The summed E-state index contributed by atoms with van der Waals surface area (Å²) in [5, 5.41) is 29.0. The van der Waals surface area contributed by atoms with Crippen molar-refractivity contribution in [3.05, 3.63) is 16.7 Å². The fourth-order valence-electron chi connectivity index (χ4n) is 2.43. The summed E-state index contributed by atoms with van der Waals surface area (Å²) < 4.78 is 21.5. The third-order valence-electron chi connectivity index (χ3n) is 3.56. The van der Waals surface area contributed by atoms with Crippen molar-refractivity contribution in [1.29, 1.82) is 0 Å². The molecule has 15 heteroatoms. The lowest BCUT2D eigenvalue weighted by Crippen LogP contribution is -2.33. The molecule has 0 aromatic carbocycles. The number of hydrogen-bond donors (Lipinski definition) is 7. The molecule has 3 heterocycles. The number of H-pyrrole nitrogens is 1. The number of ether oxygens (including phenoxy) is 1. The van der Waals surface area contributed by atoms with E-state index in [1.54, 1.807) is 5.48 Å². The molecule has 25 heavy (non-hydrogen) atoms. The predicted octanol–water partition coefficient (Wildman–Crippen LogP) is -2.35. The minimum atomic E-state index is -4.79. The van der Waals surface area contributed by atoms with E-state index in [1.165, 1.54) is 0 Å². The molecule has 2 aromatic rings. The van der Waals surface area contributed by atoms with Gasteiger partial charge in [0.1, 0.15) is 18.3 Å². The van der Waals surface area contributed by atoms with Crippen molar-refractivity contribution < 1.29 is 39.0 Å². The molecule has 14 nitrogen and oxygen atoms in total. The van der Waals surface area contributed by atoms with E-state index in [2.05, 4.69) is 19.5 Å². The molecule has 0 radical (unpaired) electrons. The van der Waals surface area contributed by atoms with E-state index in [-0.39, 0.29) is 17.1 Å². The van der Waals surface area contributed by atoms with Crippen molar-refractivity contribution in [3.63, 3.8) is 0 Å². The van der Waals surface area contributed by atoms with Gasteiger partial charge >= 0.3 is 7.82 Å². The van der Waals surface area contributed by atoms with Crippen LogP contribution in [0.15, 0.2) is 11.1 Å². The first-order chi connectivity index (χ1) is 11.7. The molecule has 1 fully saturated rings. The van der Waals surface area contributed by atoms with Crippen molar-refractivity contribution in [1.82, 2.24) is 19.5 Å². The number of phosphoric acid groups is 1. The average Bonchev–Trinajstić information content (AvgIpc) is 3.08. The fourth-order valence-corrected chi connectivity index (χ4v) is 2.77. The highest BCUT2D eigenvalue weighted by atomic mass is 31.2. The van der Waals surface area contributed by atoms with Gasteiger partial charge in [0.2, 0.25) is 5.95 Å². The maximum Gasteiger partial charge on any atom is 0.469 e. The van der Waals surface area contributed by atoms with Gasteiger partial charge in [-0.15, -0.1) is 0 Å². The minimum Gasteiger partial charge on any atom is -0.387 e. The number of nitrogens with zero attached hydrogens (tertiary/aromatic N) is 3. The van der Waals surface area contributed by atoms with Gasteiger partial charge in [-0.2, -0.15) is 4.98 Å². The van der Waals surface area contributed by atoms with Gasteiger partial charge in [-0.1, -0.05) is 0 Å². The van der Waals surface area contributed by atoms with Gasteiger partial charge in [0.15, 0.2) is 17.4 Å². The number of hydrogen-bond acceptors (Lipinski definition) is 10. The molecule has 0 spiro atoms. The van der Waals surface area contributed by atoms with E-state index < -0.39 is 44.5 Å². The van der Waals surface area contributed by atoms with Crippen molar-refractivity contribution >= 4 is 24.9 Å². The van der Waals surface area contributed by atoms with Crippen LogP contribution in [-0.2, 0) is 13.8 Å². The topological polar surface area (TPSA) is 212 Å². The Morgan fingerprint density at radius 2 is 2.12 bits per heavy atom. The zero-order valence-electron chi connectivity index (χ0n) is 12.3. The van der Waals surface area contributed by atoms with Crippen LogP contribution in [0.2, 0.25) is 0 Å². The summed E-state index contributed by atoms with van der Waals surface area (Å²) in [4.78, 5) is 39.2. The van der Waals surface area contributed by atoms with Crippen molar-refractivity contribution in [2.24, 2.45) is 0 Å². The number of aromatic amines is 1. The monoisotopic (exact) mass is 379 g/mol. The Hall–Kier alpha value is -1.90. The third-order valence-corrected chi connectivity index (χ3v) is 4.04. The van der Waals surface area contributed by atoms with Crippen molar-refractivity contribution in [3.8, 4) is 0 Å². The zero-order chi connectivity index (χ0) is 18.4. The second kappa shape index (κ2) is 6.44. The average molecular weight is 379 g/mol. The van der Waals surface area contributed by atoms with E-state index in [9.17, 15) is 19.6 Å². The molecule has 0 amide bonds. The molecule has 7 N–H and O–H groups in total. The predicted molar refractivity (Wildman–Crippen MR) is 77.5 cm³/mol. The molecule has 0 aliphatic carbocycles. The molecule has 1 aliphatic heterocycles. The third kappa shape index (κ3) is 3.42. The lowest BCUT2D eigenvalue weighted by atomic mass is 10.1. The summed E-state index contributed by atoms with van der Waals surface area (Å²) in [5.74, 6) is -0.284. The number of phosphoric ester groups is 1. The number of aromatic nitrogens is 4. The highest BCUT2D eigenvalue weighted by Crippen LogP contribution is 2.38. The summed E-state index contributed by atoms with van der Waals surface area (Å²) in [5.41, 5.74) is 0.821. The van der Waals surface area contributed by atoms with Crippen molar-refractivity contribution in [2.75, 3.05) is 12.1 Å². The number of imidazole rings is 1. The summed E-state index contributed by atoms with van der Waals surface area (Å²) >= 11 is 0. The van der Waals surface area contributed by atoms with Crippen LogP contribution in [0.25, 0.3) is 11.2 Å². The molecule has 1 saturated heterocycles. The standard InChI is InChI=1S/C10H14N5O9P/c16-5-3(1-23-25(20,21)22)24-9(6(5)17)15-2-11-4-7(15)12-10(14-19)13-8(4)18/h2-3,5-6,9,16-17,19H,1H2,(H2,20,21,22)(H2,12,13,14,18)/t3-,5-,6-,9-/m1/s1. The SMILES string of the molecule is O=c1[nH]c(NO)nc2c1ncn2[C@@H]1O[C@H](COP(=O)(O)O)[C@@H](O)[C@H]1O. The van der Waals surface area contributed by atoms with Gasteiger partial charge in [0.25, 0.3) is 5.56 Å². The van der Waals surface area contributed by atoms with Crippen LogP contribution in [0.1, 0.15) is 6.23 Å². The summed E-state index contributed by atoms with van der Waals surface area (Å²) in [6.07, 6.45) is -4.42. The Morgan fingerprint density at radius 1 is 1.40 bits per heavy atom. The Bertz CT molecular complexity index is 877. The van der Waals surface area contributed by atoms with Gasteiger partial charge in [-0.25, -0.2) is 15.0 Å². The van der Waals surface area contributed by atoms with E-state index in [1.807, 2.05) is 0 Å². The highest BCUT2D eigenvalue weighted by molar-refractivity contribution is 7.46. The van der Waals surface area contributed by atoms with Crippen LogP contribution < -0.4 is 11.0 Å². The van der Waals surface area contributed by atoms with Crippen LogP contribution in [0.5, 0.6) is 0 Å². The molecule has 0 saturated carbocycles. The molecule has 2 aromatic heterocycles. The van der Waals surface area contributed by atoms with Crippen LogP contribution >= 0.6 is 7.82 Å². The zero-order valence-corrected chi connectivity index (χ0v) is 13.1. The normalized spacial score (nSPS) is 27.1. The van der Waals surface area contributed by atoms with E-state index in [4.69, 9.17) is 19.7 Å². The van der Waals surface area contributed by atoms with Gasteiger partial charge in [-0.05, 0) is 0 Å². The number of rotatable bonds is 5. The molecule has 4 atom stereocenters. The van der Waals surface area contributed by atoms with Gasteiger partial charge in [0, 0.05) is 0 Å². The molecular formula is C10H14N5O9P. The maximum absolute atomic E-state index is 11.8. The molecule has 0 unspecified atom stereocenters. The van der Waals surface area contributed by atoms with Crippen LogP contribution in [0.4, 0.5) is 5.95 Å². The lowest BCUT2D eigenvalue weighted by Gasteiger charge is -2.16. The van der Waals surface area contributed by atoms with Crippen molar-refractivity contribution in [2.45, 2.75) is 24.5 Å². The molecular weight excluding hydrogens is 365 g/mol. The molecule has 0 bridgehead atoms. The first-order valence-electron chi connectivity index (χ1n) is 6.80. The molecule has 138 valence electrons. The number of nitrogens with one attached hydrogen (secondary N) is 2. The number of aliphatic hydroxyl groups excluding tert-OH is 2. The molecule has 3 rings (SSSR count). The number of fused-ring (bicyclic) bond motifs is 1. The Balaban J connectivity index is 1.91. The van der Waals surface area contributed by atoms with Crippen LogP contribution in [0.3, 0.4) is 0 Å². The quantitative estimate of drug-likeness (QED) is 0.215. The van der Waals surface area contributed by atoms with E-state index in [0.717, 1.165) is 10.9 Å². The Morgan fingerprint density at radius 3 is 2.76 bits per heavy atom. The van der Waals surface area contributed by atoms with Crippen LogP contribution in [-0.4, -0.2) is 69.6 Å². The summed E-state index contributed by atoms with van der Waals surface area (Å²) in [6, 6.07) is 0. The van der Waals surface area contributed by atoms with Gasteiger partial charge in [-0.3, -0.25) is 24.1 Å². The maximum atomic E-state index is 11.8. The molecule has 1 aliphatic rings. The number of anilines is 1. The van der Waals surface area contributed by atoms with Gasteiger partial charge in [0.05, 0.1) is 12.9 Å². The second-order valence-electron chi connectivity index (χ2n) is 5.18. The fraction of sp³-hybridized carbons (Fsp3) is 0.500. The minimum absolute atomic E-state index is 0.0619. The van der Waals surface area contributed by atoms with Crippen LogP contribution in [0, 0.1) is 0 Å². The first kappa shape index (κ1) is 17.9.